The van der Waals surface area contributed by atoms with Crippen molar-refractivity contribution in [2.75, 3.05) is 20.9 Å². The van der Waals surface area contributed by atoms with Gasteiger partial charge in [-0.05, 0) is 0 Å². The largest absolute Gasteiger partial charge is 0.510 e. The topological polar surface area (TPSA) is 44.8 Å². The van der Waals surface area contributed by atoms with Gasteiger partial charge in [-0.1, -0.05) is 0 Å². The van der Waals surface area contributed by atoms with Gasteiger partial charge in [-0.15, -0.1) is 0 Å². The Morgan fingerprint density at radius 1 is 1.88 bits per heavy atom. The normalized spacial score (nSPS) is 15.4. The van der Waals surface area contributed by atoms with E-state index in [1.165, 1.54) is 0 Å². The number of carbonyl (C=O) groups is 1. The molecule has 0 aromatic rings. The average molecular weight is 123 g/mol. The summed E-state index contributed by atoms with van der Waals surface area (Å²) in [5.74, 6) is 0. The second-order valence-corrected chi connectivity index (χ2v) is 0.861. The zero-order chi connectivity index (χ0) is 8.91. The molecule has 4 nitrogen and oxygen atoms in total. The van der Waals surface area contributed by atoms with Gasteiger partial charge in [0.2, 0.25) is 0 Å². The van der Waals surface area contributed by atoms with Crippen molar-refractivity contribution >= 4 is 6.16 Å². The van der Waals surface area contributed by atoms with E-state index < -0.39 is 20.0 Å². The molecule has 0 unspecified atom stereocenters. The first-order valence-corrected chi connectivity index (χ1v) is 1.80. The Morgan fingerprint density at radius 2 is 2.62 bits per heavy atom. The Hall–Kier alpha value is -0.770. The van der Waals surface area contributed by atoms with Crippen molar-refractivity contribution < 1.29 is 23.1 Å². The molecule has 0 amide bonds. The summed E-state index contributed by atoms with van der Waals surface area (Å²) in [5.41, 5.74) is 0. The van der Waals surface area contributed by atoms with Crippen LogP contribution in [0.5, 0.6) is 0 Å². The molecule has 0 saturated heterocycles. The fourth-order valence-electron chi connectivity index (χ4n) is 0.137. The Morgan fingerprint density at radius 3 is 3.12 bits per heavy atom. The second-order valence-electron chi connectivity index (χ2n) is 0.861. The van der Waals surface area contributed by atoms with Crippen LogP contribution in [-0.2, 0) is 14.2 Å². The van der Waals surface area contributed by atoms with Crippen molar-refractivity contribution in [1.29, 1.82) is 0 Å². The van der Waals surface area contributed by atoms with Gasteiger partial charge in [0.25, 0.3) is 0 Å². The first-order chi connectivity index (χ1) is 4.95. The van der Waals surface area contributed by atoms with Crippen LogP contribution in [0.25, 0.3) is 0 Å². The van der Waals surface area contributed by atoms with E-state index in [0.29, 0.717) is 0 Å². The molecule has 8 heavy (non-hydrogen) atoms. The molecule has 0 aromatic carbocycles. The van der Waals surface area contributed by atoms with Crippen molar-refractivity contribution in [3.05, 3.63) is 0 Å². The molecular weight excluding hydrogens is 112 g/mol. The average Bonchev–Trinajstić information content (AvgIpc) is 1.85. The molecule has 0 heterocycles. The third-order valence-corrected chi connectivity index (χ3v) is 0.402. The first kappa shape index (κ1) is 3.29. The monoisotopic (exact) mass is 123 g/mol. The van der Waals surface area contributed by atoms with E-state index in [-0.39, 0.29) is 0 Å². The number of rotatable bonds is 2. The van der Waals surface area contributed by atoms with Gasteiger partial charge < -0.3 is 14.2 Å². The molecule has 48 valence electrons. The van der Waals surface area contributed by atoms with Crippen molar-refractivity contribution in [1.82, 2.24) is 0 Å². The van der Waals surface area contributed by atoms with E-state index in [9.17, 15) is 4.79 Å². The van der Waals surface area contributed by atoms with E-state index >= 15 is 0 Å². The molecule has 0 aliphatic rings. The van der Waals surface area contributed by atoms with Gasteiger partial charge in [-0.25, -0.2) is 4.79 Å². The highest BCUT2D eigenvalue weighted by atomic mass is 16.8. The van der Waals surface area contributed by atoms with Crippen LogP contribution in [-0.4, -0.2) is 27.1 Å². The lowest BCUT2D eigenvalue weighted by atomic mass is 11.2. The Balaban J connectivity index is 3.35. The highest BCUT2D eigenvalue weighted by Gasteiger charge is 1.95. The molecule has 4 heteroatoms. The maximum Gasteiger partial charge on any atom is 0.510 e. The quantitative estimate of drug-likeness (QED) is 0.393. The number of carbonyl (C=O) groups excluding carboxylic acids is 1. The van der Waals surface area contributed by atoms with E-state index in [4.69, 9.17) is 4.11 Å². The van der Waals surface area contributed by atoms with E-state index in [1.54, 1.807) is 0 Å². The molecule has 0 saturated carbocycles. The molecule has 0 aliphatic heterocycles. The summed E-state index contributed by atoms with van der Waals surface area (Å²) in [6, 6.07) is 0. The van der Waals surface area contributed by atoms with Crippen molar-refractivity contribution in [2.24, 2.45) is 0 Å². The highest BCUT2D eigenvalue weighted by Crippen LogP contribution is 1.79. The molecule has 0 rings (SSSR count). The Kier molecular flexibility index (Phi) is 1.81. The van der Waals surface area contributed by atoms with Crippen molar-refractivity contribution in [3.63, 3.8) is 0 Å². The summed E-state index contributed by atoms with van der Waals surface area (Å²) in [6.45, 7) is -0.636. The third-order valence-electron chi connectivity index (χ3n) is 0.402. The van der Waals surface area contributed by atoms with Gasteiger partial charge in [-0.2, -0.15) is 0 Å². The van der Waals surface area contributed by atoms with Crippen LogP contribution in [0.3, 0.4) is 0 Å². The Bertz CT molecular complexity index is 132. The first-order valence-electron chi connectivity index (χ1n) is 3.30. The van der Waals surface area contributed by atoms with E-state index in [1.807, 2.05) is 0 Å². The van der Waals surface area contributed by atoms with Crippen LogP contribution in [0.4, 0.5) is 4.79 Å². The van der Waals surface area contributed by atoms with Crippen LogP contribution < -0.4 is 0 Å². The predicted molar refractivity (Wildman–Crippen MR) is 25.4 cm³/mol. The molecular formula is C4H8O4. The predicted octanol–water partition coefficient (Wildman–Crippen LogP) is 0.373. The zero-order valence-corrected chi connectivity index (χ0v) is 4.34. The fraction of sp³-hybridized carbons (Fsp3) is 0.750. The van der Waals surface area contributed by atoms with Gasteiger partial charge in [-0.3, -0.25) is 0 Å². The van der Waals surface area contributed by atoms with Crippen LogP contribution in [0, 0.1) is 0 Å². The number of hydrogen-bond donors (Lipinski definition) is 0. The standard InChI is InChI=1S/C4H8O4/c1-6-3-8-4(5)7-2/h3H2,1-2H3/i1D3. The molecule has 0 atom stereocenters. The summed E-state index contributed by atoms with van der Waals surface area (Å²) in [5, 5.41) is 0. The lowest BCUT2D eigenvalue weighted by Gasteiger charge is -1.98. The van der Waals surface area contributed by atoms with Gasteiger partial charge in [0.15, 0.2) is 6.79 Å². The molecule has 0 fully saturated rings. The van der Waals surface area contributed by atoms with Gasteiger partial charge >= 0.3 is 6.16 Å². The molecule has 0 aliphatic carbocycles. The van der Waals surface area contributed by atoms with Crippen molar-refractivity contribution in [2.45, 2.75) is 0 Å². The minimum absolute atomic E-state index is 0.636. The zero-order valence-electron chi connectivity index (χ0n) is 7.34. The molecule has 0 radical (unpaired) electrons. The fourth-order valence-corrected chi connectivity index (χ4v) is 0.137. The highest BCUT2D eigenvalue weighted by molar-refractivity contribution is 5.59. The smallest absolute Gasteiger partial charge is 0.438 e. The second kappa shape index (κ2) is 4.39. The van der Waals surface area contributed by atoms with Crippen LogP contribution in [0.2, 0.25) is 0 Å². The van der Waals surface area contributed by atoms with Gasteiger partial charge in [0, 0.05) is 7.04 Å². The molecule has 0 spiro atoms. The van der Waals surface area contributed by atoms with E-state index in [2.05, 4.69) is 14.2 Å². The van der Waals surface area contributed by atoms with Crippen LogP contribution in [0.15, 0.2) is 0 Å². The summed E-state index contributed by atoms with van der Waals surface area (Å²) >= 11 is 0. The molecule has 0 N–H and O–H groups in total. The lowest BCUT2D eigenvalue weighted by Crippen LogP contribution is -2.05. The molecule has 0 aromatic heterocycles. The summed E-state index contributed by atoms with van der Waals surface area (Å²) in [7, 11) is -1.44. The van der Waals surface area contributed by atoms with Crippen LogP contribution in [0.1, 0.15) is 4.11 Å². The lowest BCUT2D eigenvalue weighted by molar-refractivity contribution is -0.0190. The number of hydrogen-bond acceptors (Lipinski definition) is 4. The number of methoxy groups -OCH3 is 2. The Labute approximate surface area is 51.6 Å². The summed E-state index contributed by atoms with van der Waals surface area (Å²) in [6.07, 6.45) is -0.978. The number of ether oxygens (including phenoxy) is 3. The maximum atomic E-state index is 10.2. The SMILES string of the molecule is [2H]C([2H])([2H])OCOC(=O)OC. The van der Waals surface area contributed by atoms with Crippen LogP contribution >= 0.6 is 0 Å². The van der Waals surface area contributed by atoms with Crippen molar-refractivity contribution in [3.8, 4) is 0 Å². The maximum absolute atomic E-state index is 10.2. The minimum Gasteiger partial charge on any atom is -0.438 e. The third kappa shape index (κ3) is 3.42. The summed E-state index contributed by atoms with van der Waals surface area (Å²) < 4.78 is 31.8. The van der Waals surface area contributed by atoms with Gasteiger partial charge in [0.05, 0.1) is 11.2 Å². The van der Waals surface area contributed by atoms with E-state index in [0.717, 1.165) is 7.11 Å². The molecule has 0 bridgehead atoms. The minimum atomic E-state index is -2.55. The van der Waals surface area contributed by atoms with Gasteiger partial charge in [0.1, 0.15) is 0 Å². The summed E-state index contributed by atoms with van der Waals surface area (Å²) in [4.78, 5) is 10.2.